The summed E-state index contributed by atoms with van der Waals surface area (Å²) in [7, 11) is 0. The monoisotopic (exact) mass is 345 g/mol. The van der Waals surface area contributed by atoms with Crippen LogP contribution in [0.1, 0.15) is 55.2 Å². The van der Waals surface area contributed by atoms with Gasteiger partial charge in [0, 0.05) is 11.8 Å². The van der Waals surface area contributed by atoms with Crippen molar-refractivity contribution in [1.29, 1.82) is 0 Å². The van der Waals surface area contributed by atoms with Crippen molar-refractivity contribution >= 4 is 11.9 Å². The summed E-state index contributed by atoms with van der Waals surface area (Å²) in [4.78, 5) is 4.64. The van der Waals surface area contributed by atoms with Crippen molar-refractivity contribution < 1.29 is 5.11 Å². The lowest BCUT2D eigenvalue weighted by Gasteiger charge is -2.57. The second-order valence-electron chi connectivity index (χ2n) is 9.02. The van der Waals surface area contributed by atoms with Gasteiger partial charge in [-0.1, -0.05) is 24.3 Å². The van der Waals surface area contributed by atoms with E-state index in [4.69, 9.17) is 0 Å². The molecule has 2 aromatic rings. The Labute approximate surface area is 156 Å². The highest BCUT2D eigenvalue weighted by molar-refractivity contribution is 5.86. The lowest BCUT2D eigenvalue weighted by atomic mass is 9.48. The summed E-state index contributed by atoms with van der Waals surface area (Å²) in [5, 5.41) is 10.4. The minimum atomic E-state index is 0.329. The van der Waals surface area contributed by atoms with Gasteiger partial charge in [-0.2, -0.15) is 0 Å². The van der Waals surface area contributed by atoms with Crippen LogP contribution in [0.25, 0.3) is 0 Å². The van der Waals surface area contributed by atoms with Gasteiger partial charge in [-0.05, 0) is 97.9 Å². The zero-order valence-electron chi connectivity index (χ0n) is 15.5. The predicted molar refractivity (Wildman–Crippen MR) is 106 cm³/mol. The molecule has 4 bridgehead atoms. The molecule has 0 heterocycles. The maximum atomic E-state index is 10.4. The quantitative estimate of drug-likeness (QED) is 0.688. The first-order valence-electron chi connectivity index (χ1n) is 10.0. The average Bonchev–Trinajstić information content (AvgIpc) is 2.61. The summed E-state index contributed by atoms with van der Waals surface area (Å²) in [6.07, 6.45) is 10.2. The molecule has 0 aromatic heterocycles. The molecule has 0 amide bonds. The zero-order valence-corrected chi connectivity index (χ0v) is 15.5. The lowest BCUT2D eigenvalue weighted by Crippen LogP contribution is -2.48. The summed E-state index contributed by atoms with van der Waals surface area (Å²) >= 11 is 0. The van der Waals surface area contributed by atoms with Crippen molar-refractivity contribution in [3.05, 3.63) is 59.2 Å². The van der Waals surface area contributed by atoms with E-state index in [0.717, 1.165) is 34.6 Å². The van der Waals surface area contributed by atoms with E-state index in [0.29, 0.717) is 11.2 Å². The summed E-state index contributed by atoms with van der Waals surface area (Å²) in [6, 6.07) is 14.4. The fourth-order valence-corrected chi connectivity index (χ4v) is 6.30. The average molecular weight is 345 g/mol. The summed E-state index contributed by atoms with van der Waals surface area (Å²) in [5.74, 6) is 3.12. The molecule has 1 N–H and O–H groups in total. The minimum absolute atomic E-state index is 0.329. The molecule has 4 aliphatic rings. The third-order valence-electron chi connectivity index (χ3n) is 7.14. The summed E-state index contributed by atoms with van der Waals surface area (Å²) < 4.78 is 0. The van der Waals surface area contributed by atoms with Crippen molar-refractivity contribution in [3.8, 4) is 5.75 Å². The third-order valence-corrected chi connectivity index (χ3v) is 7.14. The van der Waals surface area contributed by atoms with E-state index in [2.05, 4.69) is 30.1 Å². The van der Waals surface area contributed by atoms with Gasteiger partial charge in [-0.25, -0.2) is 0 Å². The number of phenols is 1. The van der Waals surface area contributed by atoms with Crippen LogP contribution >= 0.6 is 0 Å². The first kappa shape index (κ1) is 16.1. The van der Waals surface area contributed by atoms with Gasteiger partial charge in [0.25, 0.3) is 0 Å². The molecule has 4 aliphatic carbocycles. The van der Waals surface area contributed by atoms with E-state index < -0.39 is 0 Å². The number of hydrogen-bond donors (Lipinski definition) is 1. The van der Waals surface area contributed by atoms with Gasteiger partial charge in [-0.3, -0.25) is 4.99 Å². The van der Waals surface area contributed by atoms with E-state index in [9.17, 15) is 5.11 Å². The molecule has 0 atom stereocenters. The number of benzene rings is 2. The highest BCUT2D eigenvalue weighted by atomic mass is 16.3. The number of hydrogen-bond acceptors (Lipinski definition) is 2. The van der Waals surface area contributed by atoms with Crippen molar-refractivity contribution in [3.63, 3.8) is 0 Å². The Balaban J connectivity index is 1.49. The SMILES string of the molecule is Cc1ccccc1N=Cc1cc(C23CC4CC(CC(C4)C2)C3)ccc1O. The number of para-hydroxylation sites is 1. The molecule has 134 valence electrons. The predicted octanol–water partition coefficient (Wildman–Crippen LogP) is 5.92. The summed E-state index contributed by atoms with van der Waals surface area (Å²) in [6.45, 7) is 2.07. The molecule has 2 nitrogen and oxygen atoms in total. The van der Waals surface area contributed by atoms with E-state index in [-0.39, 0.29) is 0 Å². The van der Waals surface area contributed by atoms with Crippen LogP contribution in [0.15, 0.2) is 47.5 Å². The summed E-state index contributed by atoms with van der Waals surface area (Å²) in [5.41, 5.74) is 4.75. The Morgan fingerprint density at radius 2 is 1.62 bits per heavy atom. The van der Waals surface area contributed by atoms with E-state index >= 15 is 0 Å². The van der Waals surface area contributed by atoms with Gasteiger partial charge >= 0.3 is 0 Å². The van der Waals surface area contributed by atoms with Crippen molar-refractivity contribution in [2.75, 3.05) is 0 Å². The highest BCUT2D eigenvalue weighted by Crippen LogP contribution is 2.60. The molecule has 2 aromatic carbocycles. The van der Waals surface area contributed by atoms with Crippen LogP contribution in [0.4, 0.5) is 5.69 Å². The molecular formula is C24H27NO. The lowest BCUT2D eigenvalue weighted by molar-refractivity contribution is -0.00520. The Hall–Kier alpha value is -2.09. The smallest absolute Gasteiger partial charge is 0.124 e. The highest BCUT2D eigenvalue weighted by Gasteiger charge is 2.51. The maximum Gasteiger partial charge on any atom is 0.124 e. The molecular weight excluding hydrogens is 318 g/mol. The van der Waals surface area contributed by atoms with Crippen LogP contribution in [0.2, 0.25) is 0 Å². The van der Waals surface area contributed by atoms with Crippen molar-refractivity contribution in [2.24, 2.45) is 22.7 Å². The topological polar surface area (TPSA) is 32.6 Å². The van der Waals surface area contributed by atoms with Crippen LogP contribution in [0.3, 0.4) is 0 Å². The molecule has 6 rings (SSSR count). The van der Waals surface area contributed by atoms with Gasteiger partial charge < -0.3 is 5.11 Å². The maximum absolute atomic E-state index is 10.4. The number of rotatable bonds is 3. The van der Waals surface area contributed by atoms with Gasteiger partial charge in [-0.15, -0.1) is 0 Å². The first-order chi connectivity index (χ1) is 12.6. The van der Waals surface area contributed by atoms with Crippen LogP contribution in [0, 0.1) is 24.7 Å². The zero-order chi connectivity index (χ0) is 17.7. The van der Waals surface area contributed by atoms with Crippen LogP contribution in [-0.4, -0.2) is 11.3 Å². The second kappa shape index (κ2) is 5.97. The fraction of sp³-hybridized carbons (Fsp3) is 0.458. The molecule has 4 fully saturated rings. The molecule has 2 heteroatoms. The molecule has 26 heavy (non-hydrogen) atoms. The normalized spacial score (nSPS) is 32.4. The Morgan fingerprint density at radius 1 is 0.962 bits per heavy atom. The minimum Gasteiger partial charge on any atom is -0.507 e. The third kappa shape index (κ3) is 2.67. The second-order valence-corrected chi connectivity index (χ2v) is 9.02. The number of aryl methyl sites for hydroxylation is 1. The molecule has 0 aliphatic heterocycles. The van der Waals surface area contributed by atoms with E-state index in [1.54, 1.807) is 0 Å². The van der Waals surface area contributed by atoms with Crippen molar-refractivity contribution in [1.82, 2.24) is 0 Å². The molecule has 0 unspecified atom stereocenters. The van der Waals surface area contributed by atoms with E-state index in [1.807, 2.05) is 30.5 Å². The van der Waals surface area contributed by atoms with Gasteiger partial charge in [0.05, 0.1) is 5.69 Å². The molecule has 0 radical (unpaired) electrons. The van der Waals surface area contributed by atoms with Gasteiger partial charge in [0.2, 0.25) is 0 Å². The first-order valence-corrected chi connectivity index (χ1v) is 10.0. The van der Waals surface area contributed by atoms with Gasteiger partial charge in [0.1, 0.15) is 5.75 Å². The van der Waals surface area contributed by atoms with Crippen LogP contribution in [-0.2, 0) is 5.41 Å². The Morgan fingerprint density at radius 3 is 2.27 bits per heavy atom. The van der Waals surface area contributed by atoms with Crippen LogP contribution in [0.5, 0.6) is 5.75 Å². The molecule has 0 saturated heterocycles. The Kier molecular flexibility index (Phi) is 3.70. The van der Waals surface area contributed by atoms with Crippen LogP contribution < -0.4 is 0 Å². The number of aliphatic imine (C=N–C) groups is 1. The standard InChI is InChI=1S/C24H27NO/c1-16-4-2-3-5-22(16)25-15-20-11-21(6-7-23(20)26)24-12-17-8-18(13-24)10-19(9-17)14-24/h2-7,11,15,17-19,26H,8-10,12-14H2,1H3. The largest absolute Gasteiger partial charge is 0.507 e. The molecule has 4 saturated carbocycles. The number of nitrogens with zero attached hydrogens (tertiary/aromatic N) is 1. The number of phenolic OH excluding ortho intramolecular Hbond substituents is 1. The fourth-order valence-electron chi connectivity index (χ4n) is 6.30. The molecule has 0 spiro atoms. The van der Waals surface area contributed by atoms with Gasteiger partial charge in [0.15, 0.2) is 0 Å². The number of aromatic hydroxyl groups is 1. The van der Waals surface area contributed by atoms with E-state index in [1.165, 1.54) is 44.1 Å². The van der Waals surface area contributed by atoms with Crippen molar-refractivity contribution in [2.45, 2.75) is 50.9 Å². The Bertz CT molecular complexity index is 831.